The standard InChI is InChI=1S/C52H62FN7O9S/c1-5-67-50-46(26-39-40(53)27-54-48(39)56-50)69-44-23-33(58-21-19-52(20-22-58)29-59(30-52)42-12-8-11-37(42)36-10-7-6-9-35(36)31(2)3)13-14-38(44)49(61)57-70(65,66)34-24-43(60(63)64)47-45(25-34)68-28-41(55-47)32-15-17-51(4,62)18-16-32/h6-7,9-10,13-14,23-27,31-32,37,41-42,55,62H,5,8,11-12,15-22,28-30H2,1-4H3,(H,54,56)(H,57,61)/t32-,37-,41-,42-,51-/m1/s1. The number of anilines is 2. The molecule has 1 amide bonds. The Kier molecular flexibility index (Phi) is 12.7. The zero-order chi connectivity index (χ0) is 49.1. The molecule has 1 spiro atoms. The molecule has 5 heterocycles. The molecule has 18 heteroatoms. The van der Waals surface area contributed by atoms with Gasteiger partial charge in [0, 0.05) is 68.4 Å². The first-order chi connectivity index (χ1) is 33.5. The number of nitro groups is 1. The van der Waals surface area contributed by atoms with Crippen molar-refractivity contribution in [1.29, 1.82) is 0 Å². The zero-order valence-electron chi connectivity index (χ0n) is 40.1. The zero-order valence-corrected chi connectivity index (χ0v) is 40.9. The Balaban J connectivity index is 0.890. The van der Waals surface area contributed by atoms with Crippen LogP contribution in [-0.2, 0) is 10.0 Å². The molecule has 372 valence electrons. The quantitative estimate of drug-likeness (QED) is 0.0643. The van der Waals surface area contributed by atoms with E-state index in [0.29, 0.717) is 43.6 Å². The molecule has 10 rings (SSSR count). The number of nitrogens with one attached hydrogen (secondary N) is 3. The Bertz CT molecular complexity index is 2920. The fraction of sp³-hybridized carbons (Fsp3) is 0.500. The van der Waals surface area contributed by atoms with Crippen LogP contribution >= 0.6 is 0 Å². The summed E-state index contributed by atoms with van der Waals surface area (Å²) in [5.74, 6) is -0.593. The molecular formula is C52H62FN7O9S. The van der Waals surface area contributed by atoms with Crippen LogP contribution in [0.15, 0.2) is 71.8 Å². The minimum atomic E-state index is -4.75. The number of nitrogens with zero attached hydrogens (tertiary/aromatic N) is 4. The van der Waals surface area contributed by atoms with Crippen molar-refractivity contribution in [3.05, 3.63) is 99.5 Å². The van der Waals surface area contributed by atoms with E-state index in [1.54, 1.807) is 26.0 Å². The SMILES string of the molecule is CCOc1nc2[nH]cc(F)c2cc1Oc1cc(N2CCC3(CC2)CN([C@@H]2CCC[C@@H]2c2ccccc2C(C)C)C3)ccc1C(=O)NS(=O)(=O)c1cc2c(c([N+](=O)[O-])c1)N[C@@H]([C@H]1CC[C@](C)(O)CC1)CO2. The molecular weight excluding hydrogens is 918 g/mol. The second kappa shape index (κ2) is 18.6. The number of rotatable bonds is 13. The third-order valence-electron chi connectivity index (χ3n) is 15.7. The lowest BCUT2D eigenvalue weighted by Gasteiger charge is -2.57. The number of sulfonamides is 1. The first-order valence-corrected chi connectivity index (χ1v) is 26.2. The van der Waals surface area contributed by atoms with Crippen molar-refractivity contribution in [3.8, 4) is 23.1 Å². The number of amides is 1. The van der Waals surface area contributed by atoms with Crippen molar-refractivity contribution in [3.63, 3.8) is 0 Å². The lowest BCUT2D eigenvalue weighted by Crippen LogP contribution is -2.63. The normalized spacial score (nSPS) is 24.4. The first-order valence-electron chi connectivity index (χ1n) is 24.7. The molecule has 4 fully saturated rings. The Morgan fingerprint density at radius 3 is 2.53 bits per heavy atom. The Hall–Kier alpha value is -5.98. The number of aliphatic hydroxyl groups is 1. The molecule has 70 heavy (non-hydrogen) atoms. The van der Waals surface area contributed by atoms with E-state index in [9.17, 15) is 32.8 Å². The third-order valence-corrected chi connectivity index (χ3v) is 17.0. The first kappa shape index (κ1) is 47.7. The van der Waals surface area contributed by atoms with E-state index in [4.69, 9.17) is 14.2 Å². The highest BCUT2D eigenvalue weighted by Crippen LogP contribution is 2.50. The Morgan fingerprint density at radius 1 is 1.04 bits per heavy atom. The van der Waals surface area contributed by atoms with Crippen LogP contribution in [0, 0.1) is 27.3 Å². The maximum absolute atomic E-state index is 14.9. The number of nitro benzene ring substituents is 1. The lowest BCUT2D eigenvalue weighted by molar-refractivity contribution is -0.384. The predicted octanol–water partition coefficient (Wildman–Crippen LogP) is 9.40. The van der Waals surface area contributed by atoms with Gasteiger partial charge in [0.2, 0.25) is 0 Å². The van der Waals surface area contributed by atoms with Crippen LogP contribution in [0.4, 0.5) is 21.5 Å². The Morgan fingerprint density at radius 2 is 1.80 bits per heavy atom. The number of halogens is 1. The largest absolute Gasteiger partial charge is 0.489 e. The minimum absolute atomic E-state index is 0.00201. The van der Waals surface area contributed by atoms with Gasteiger partial charge in [-0.1, -0.05) is 44.5 Å². The van der Waals surface area contributed by atoms with Gasteiger partial charge in [-0.2, -0.15) is 4.98 Å². The van der Waals surface area contributed by atoms with Gasteiger partial charge in [-0.25, -0.2) is 17.5 Å². The second-order valence-corrected chi connectivity index (χ2v) is 22.4. The highest BCUT2D eigenvalue weighted by atomic mass is 32.2. The summed E-state index contributed by atoms with van der Waals surface area (Å²) in [5.41, 5.74) is 2.71. The molecule has 5 aliphatic rings. The number of carbonyl (C=O) groups is 1. The number of carbonyl (C=O) groups excluding carboxylic acids is 1. The van der Waals surface area contributed by atoms with Crippen LogP contribution in [0.25, 0.3) is 11.0 Å². The fourth-order valence-corrected chi connectivity index (χ4v) is 12.8. The molecule has 0 radical (unpaired) electrons. The molecule has 3 aliphatic heterocycles. The van der Waals surface area contributed by atoms with Gasteiger partial charge in [-0.3, -0.25) is 19.8 Å². The maximum Gasteiger partial charge on any atom is 0.297 e. The topological polar surface area (TPSA) is 201 Å². The molecule has 2 saturated heterocycles. The van der Waals surface area contributed by atoms with E-state index in [2.05, 4.69) is 67.9 Å². The van der Waals surface area contributed by atoms with E-state index in [-0.39, 0.29) is 76.0 Å². The number of pyridine rings is 1. The molecule has 5 aromatic rings. The molecule has 3 atom stereocenters. The van der Waals surface area contributed by atoms with Gasteiger partial charge in [0.25, 0.3) is 27.5 Å². The van der Waals surface area contributed by atoms with Crippen LogP contribution in [0.3, 0.4) is 0 Å². The summed E-state index contributed by atoms with van der Waals surface area (Å²) >= 11 is 0. The molecule has 2 saturated carbocycles. The van der Waals surface area contributed by atoms with E-state index in [0.717, 1.165) is 63.0 Å². The van der Waals surface area contributed by atoms with Crippen molar-refractivity contribution in [1.82, 2.24) is 19.6 Å². The number of H-pyrrole nitrogens is 1. The summed E-state index contributed by atoms with van der Waals surface area (Å²) in [5, 5.41) is 26.3. The summed E-state index contributed by atoms with van der Waals surface area (Å²) in [7, 11) is -4.75. The second-order valence-electron chi connectivity index (χ2n) is 20.7. The molecule has 2 aliphatic carbocycles. The van der Waals surface area contributed by atoms with Crippen molar-refractivity contribution in [2.45, 2.75) is 120 Å². The maximum atomic E-state index is 14.9. The number of aromatic amines is 1. The van der Waals surface area contributed by atoms with Crippen LogP contribution in [0.1, 0.15) is 119 Å². The number of fused-ring (bicyclic) bond motifs is 2. The molecule has 0 bridgehead atoms. The average Bonchev–Trinajstić information content (AvgIpc) is 3.96. The smallest absolute Gasteiger partial charge is 0.297 e. The minimum Gasteiger partial charge on any atom is -0.489 e. The van der Waals surface area contributed by atoms with Gasteiger partial charge in [0.05, 0.1) is 39.0 Å². The van der Waals surface area contributed by atoms with E-state index in [1.807, 2.05) is 0 Å². The average molecular weight is 980 g/mol. The summed E-state index contributed by atoms with van der Waals surface area (Å²) in [4.78, 5) is 37.6. The predicted molar refractivity (Wildman–Crippen MR) is 263 cm³/mol. The number of ether oxygens (including phenoxy) is 3. The number of likely N-dealkylation sites (tertiary alicyclic amines) is 1. The highest BCUT2D eigenvalue weighted by Gasteiger charge is 2.49. The Labute approximate surface area is 407 Å². The lowest BCUT2D eigenvalue weighted by atomic mass is 9.70. The van der Waals surface area contributed by atoms with Crippen LogP contribution in [0.2, 0.25) is 0 Å². The van der Waals surface area contributed by atoms with Crippen molar-refractivity contribution in [2.24, 2.45) is 11.3 Å². The fourth-order valence-electron chi connectivity index (χ4n) is 11.8. The monoisotopic (exact) mass is 979 g/mol. The van der Waals surface area contributed by atoms with Gasteiger partial charge < -0.3 is 34.5 Å². The number of hydrogen-bond donors (Lipinski definition) is 4. The van der Waals surface area contributed by atoms with Crippen LogP contribution in [0.5, 0.6) is 23.1 Å². The molecule has 0 unspecified atom stereocenters. The highest BCUT2D eigenvalue weighted by molar-refractivity contribution is 7.90. The van der Waals surface area contributed by atoms with Crippen LogP contribution in [-0.4, -0.2) is 96.3 Å². The van der Waals surface area contributed by atoms with Crippen molar-refractivity contribution >= 4 is 44.0 Å². The third kappa shape index (κ3) is 9.25. The van der Waals surface area contributed by atoms with Crippen molar-refractivity contribution < 1.29 is 41.8 Å². The van der Waals surface area contributed by atoms with Gasteiger partial charge in [0.1, 0.15) is 23.8 Å². The van der Waals surface area contributed by atoms with Crippen LogP contribution < -0.4 is 29.1 Å². The van der Waals surface area contributed by atoms with E-state index < -0.39 is 42.9 Å². The van der Waals surface area contributed by atoms with Gasteiger partial charge in [0.15, 0.2) is 17.2 Å². The van der Waals surface area contributed by atoms with E-state index >= 15 is 0 Å². The molecule has 16 nitrogen and oxygen atoms in total. The number of benzene rings is 3. The van der Waals surface area contributed by atoms with E-state index in [1.165, 1.54) is 42.5 Å². The van der Waals surface area contributed by atoms with Gasteiger partial charge in [-0.15, -0.1) is 0 Å². The van der Waals surface area contributed by atoms with Gasteiger partial charge >= 0.3 is 0 Å². The summed E-state index contributed by atoms with van der Waals surface area (Å²) in [6.45, 7) is 12.0. The van der Waals surface area contributed by atoms with Crippen molar-refractivity contribution in [2.75, 3.05) is 49.6 Å². The summed E-state index contributed by atoms with van der Waals surface area (Å²) in [6.07, 6.45) is 9.30. The summed E-state index contributed by atoms with van der Waals surface area (Å²) in [6, 6.07) is 17.6. The molecule has 3 aromatic carbocycles. The number of aromatic nitrogens is 2. The number of hydrogen-bond acceptors (Lipinski definition) is 13. The molecule has 2 aromatic heterocycles. The summed E-state index contributed by atoms with van der Waals surface area (Å²) < 4.78 is 63.4. The van der Waals surface area contributed by atoms with Gasteiger partial charge in [-0.05, 0) is 112 Å². The number of piperidine rings is 1. The molecule has 4 N–H and O–H groups in total.